The Labute approximate surface area is 114 Å². The molecule has 1 saturated heterocycles. The monoisotopic (exact) mass is 265 g/mol. The number of hydrogen-bond donors (Lipinski definition) is 2. The highest BCUT2D eigenvalue weighted by Gasteiger charge is 2.19. The van der Waals surface area contributed by atoms with Crippen molar-refractivity contribution in [2.24, 2.45) is 5.73 Å². The molecular weight excluding hydrogens is 242 g/mol. The van der Waals surface area contributed by atoms with E-state index in [2.05, 4.69) is 10.2 Å². The molecule has 0 aliphatic carbocycles. The Morgan fingerprint density at radius 3 is 2.79 bits per heavy atom. The van der Waals surface area contributed by atoms with Gasteiger partial charge in [-0.2, -0.15) is 0 Å². The molecular formula is C14H23N3O2. The number of nitrogens with two attached hydrogens (primary N) is 1. The molecule has 1 unspecified atom stereocenters. The number of likely N-dealkylation sites (tertiary alicyclic amines) is 1. The molecule has 106 valence electrons. The molecule has 0 aromatic carbocycles. The predicted molar refractivity (Wildman–Crippen MR) is 73.7 cm³/mol. The van der Waals surface area contributed by atoms with E-state index >= 15 is 0 Å². The van der Waals surface area contributed by atoms with Gasteiger partial charge in [-0.25, -0.2) is 0 Å². The number of piperidine rings is 1. The van der Waals surface area contributed by atoms with E-state index in [9.17, 15) is 4.79 Å². The van der Waals surface area contributed by atoms with Crippen LogP contribution in [0.2, 0.25) is 0 Å². The topological polar surface area (TPSA) is 71.5 Å². The summed E-state index contributed by atoms with van der Waals surface area (Å²) in [5.41, 5.74) is 5.85. The first-order chi connectivity index (χ1) is 9.04. The van der Waals surface area contributed by atoms with Crippen molar-refractivity contribution in [3.63, 3.8) is 0 Å². The van der Waals surface area contributed by atoms with Crippen LogP contribution in [0.1, 0.15) is 37.3 Å². The lowest BCUT2D eigenvalue weighted by atomic mass is 10.1. The lowest BCUT2D eigenvalue weighted by Gasteiger charge is -2.29. The van der Waals surface area contributed by atoms with Crippen LogP contribution < -0.4 is 11.1 Å². The number of rotatable bonds is 4. The van der Waals surface area contributed by atoms with Gasteiger partial charge in [-0.05, 0) is 38.8 Å². The molecule has 1 aliphatic heterocycles. The molecule has 1 aliphatic rings. The number of aryl methyl sites for hydroxylation is 1. The second-order valence-corrected chi connectivity index (χ2v) is 5.35. The second kappa shape index (κ2) is 6.21. The van der Waals surface area contributed by atoms with Crippen LogP contribution in [0, 0.1) is 6.92 Å². The second-order valence-electron chi connectivity index (χ2n) is 5.35. The van der Waals surface area contributed by atoms with Gasteiger partial charge >= 0.3 is 0 Å². The van der Waals surface area contributed by atoms with Crippen LogP contribution in [0.3, 0.4) is 0 Å². The molecule has 1 fully saturated rings. The van der Waals surface area contributed by atoms with Gasteiger partial charge in [-0.3, -0.25) is 9.69 Å². The van der Waals surface area contributed by atoms with Crippen LogP contribution in [0.5, 0.6) is 0 Å². The van der Waals surface area contributed by atoms with Gasteiger partial charge in [0.1, 0.15) is 11.5 Å². The highest BCUT2D eigenvalue weighted by atomic mass is 16.3. The Bertz CT molecular complexity index is 422. The number of nitrogens with one attached hydrogen (secondary N) is 1. The molecule has 19 heavy (non-hydrogen) atoms. The average molecular weight is 265 g/mol. The first kappa shape index (κ1) is 14.1. The van der Waals surface area contributed by atoms with E-state index in [-0.39, 0.29) is 11.9 Å². The Morgan fingerprint density at radius 1 is 1.53 bits per heavy atom. The van der Waals surface area contributed by atoms with Gasteiger partial charge in [0, 0.05) is 19.1 Å². The average Bonchev–Trinajstić information content (AvgIpc) is 2.79. The van der Waals surface area contributed by atoms with Crippen LogP contribution in [-0.4, -0.2) is 36.5 Å². The quantitative estimate of drug-likeness (QED) is 0.858. The zero-order valence-electron chi connectivity index (χ0n) is 11.7. The number of carbonyl (C=O) groups is 1. The third-order valence-corrected chi connectivity index (χ3v) is 3.56. The van der Waals surface area contributed by atoms with Crippen LogP contribution >= 0.6 is 0 Å². The standard InChI is InChI=1S/C14H23N3O2/c1-10-3-4-13(19-10)11(2)16-14(18)9-17-7-5-12(15)6-8-17/h3-4,11-12H,5-9,15H2,1-2H3,(H,16,18). The number of hydrogen-bond acceptors (Lipinski definition) is 4. The SMILES string of the molecule is Cc1ccc(C(C)NC(=O)CN2CCC(N)CC2)o1. The first-order valence-electron chi connectivity index (χ1n) is 6.88. The summed E-state index contributed by atoms with van der Waals surface area (Å²) in [7, 11) is 0. The molecule has 5 heteroatoms. The molecule has 0 bridgehead atoms. The molecule has 1 aromatic heterocycles. The normalized spacial score (nSPS) is 19.3. The summed E-state index contributed by atoms with van der Waals surface area (Å²) in [4.78, 5) is 14.1. The van der Waals surface area contributed by atoms with E-state index in [1.165, 1.54) is 0 Å². The summed E-state index contributed by atoms with van der Waals surface area (Å²) < 4.78 is 5.51. The molecule has 0 spiro atoms. The van der Waals surface area contributed by atoms with Crippen molar-refractivity contribution in [2.45, 2.75) is 38.8 Å². The van der Waals surface area contributed by atoms with Crippen molar-refractivity contribution in [3.8, 4) is 0 Å². The third-order valence-electron chi connectivity index (χ3n) is 3.56. The Balaban J connectivity index is 1.78. The molecule has 0 radical (unpaired) electrons. The van der Waals surface area contributed by atoms with Crippen molar-refractivity contribution in [1.29, 1.82) is 0 Å². The largest absolute Gasteiger partial charge is 0.464 e. The highest BCUT2D eigenvalue weighted by Crippen LogP contribution is 2.15. The van der Waals surface area contributed by atoms with Crippen LogP contribution in [0.15, 0.2) is 16.5 Å². The van der Waals surface area contributed by atoms with Crippen molar-refractivity contribution < 1.29 is 9.21 Å². The van der Waals surface area contributed by atoms with Crippen LogP contribution in [-0.2, 0) is 4.79 Å². The van der Waals surface area contributed by atoms with Crippen molar-refractivity contribution in [1.82, 2.24) is 10.2 Å². The summed E-state index contributed by atoms with van der Waals surface area (Å²) in [6, 6.07) is 4.02. The summed E-state index contributed by atoms with van der Waals surface area (Å²) >= 11 is 0. The fourth-order valence-electron chi connectivity index (χ4n) is 2.36. The number of amides is 1. The smallest absolute Gasteiger partial charge is 0.234 e. The minimum Gasteiger partial charge on any atom is -0.464 e. The van der Waals surface area contributed by atoms with Crippen LogP contribution in [0.4, 0.5) is 0 Å². The lowest BCUT2D eigenvalue weighted by molar-refractivity contribution is -0.123. The summed E-state index contributed by atoms with van der Waals surface area (Å²) in [5, 5.41) is 2.96. The Kier molecular flexibility index (Phi) is 4.61. The molecule has 2 heterocycles. The molecule has 5 nitrogen and oxygen atoms in total. The molecule has 0 saturated carbocycles. The van der Waals surface area contributed by atoms with E-state index in [4.69, 9.17) is 10.2 Å². The number of carbonyl (C=O) groups excluding carboxylic acids is 1. The minimum atomic E-state index is -0.0896. The van der Waals surface area contributed by atoms with Gasteiger partial charge in [0.05, 0.1) is 12.6 Å². The first-order valence-corrected chi connectivity index (χ1v) is 6.88. The van der Waals surface area contributed by atoms with Gasteiger partial charge in [-0.1, -0.05) is 0 Å². The molecule has 3 N–H and O–H groups in total. The van der Waals surface area contributed by atoms with E-state index in [0.717, 1.165) is 37.5 Å². The third kappa shape index (κ3) is 4.08. The van der Waals surface area contributed by atoms with Crippen molar-refractivity contribution >= 4 is 5.91 Å². The van der Waals surface area contributed by atoms with Gasteiger partial charge in [0.25, 0.3) is 0 Å². The van der Waals surface area contributed by atoms with E-state index < -0.39 is 0 Å². The number of furan rings is 1. The fraction of sp³-hybridized carbons (Fsp3) is 0.643. The maximum atomic E-state index is 12.0. The van der Waals surface area contributed by atoms with Crippen molar-refractivity contribution in [2.75, 3.05) is 19.6 Å². The minimum absolute atomic E-state index is 0.0389. The molecule has 1 aromatic rings. The van der Waals surface area contributed by atoms with Crippen LogP contribution in [0.25, 0.3) is 0 Å². The zero-order chi connectivity index (χ0) is 13.8. The van der Waals surface area contributed by atoms with E-state index in [1.54, 1.807) is 0 Å². The van der Waals surface area contributed by atoms with Gasteiger partial charge in [0.15, 0.2) is 0 Å². The van der Waals surface area contributed by atoms with Gasteiger partial charge in [0.2, 0.25) is 5.91 Å². The maximum Gasteiger partial charge on any atom is 0.234 e. The Morgan fingerprint density at radius 2 is 2.21 bits per heavy atom. The molecule has 2 rings (SSSR count). The molecule has 1 amide bonds. The van der Waals surface area contributed by atoms with Gasteiger partial charge in [-0.15, -0.1) is 0 Å². The fourth-order valence-corrected chi connectivity index (χ4v) is 2.36. The highest BCUT2D eigenvalue weighted by molar-refractivity contribution is 5.78. The zero-order valence-corrected chi connectivity index (χ0v) is 11.7. The lowest BCUT2D eigenvalue weighted by Crippen LogP contribution is -2.44. The maximum absolute atomic E-state index is 12.0. The summed E-state index contributed by atoms with van der Waals surface area (Å²) in [6.45, 7) is 6.08. The predicted octanol–water partition coefficient (Wildman–Crippen LogP) is 1.19. The number of nitrogens with zero attached hydrogens (tertiary/aromatic N) is 1. The van der Waals surface area contributed by atoms with E-state index in [1.807, 2.05) is 26.0 Å². The summed E-state index contributed by atoms with van der Waals surface area (Å²) in [6.07, 6.45) is 1.94. The van der Waals surface area contributed by atoms with E-state index in [0.29, 0.717) is 12.6 Å². The van der Waals surface area contributed by atoms with Crippen molar-refractivity contribution in [3.05, 3.63) is 23.7 Å². The molecule has 1 atom stereocenters. The summed E-state index contributed by atoms with van der Waals surface area (Å²) in [5.74, 6) is 1.70. The van der Waals surface area contributed by atoms with Gasteiger partial charge < -0.3 is 15.5 Å². The Hall–Kier alpha value is -1.33.